The zero-order chi connectivity index (χ0) is 16.2. The second kappa shape index (κ2) is 6.75. The van der Waals surface area contributed by atoms with Gasteiger partial charge >= 0.3 is 5.97 Å². The molecule has 3 rings (SSSR count). The SMILES string of the molecule is CC(CCc1nc(-c2ccc(-c3cnco3)cc2)cs1)C(=O)O. The number of benzene rings is 1. The van der Waals surface area contributed by atoms with Crippen LogP contribution < -0.4 is 0 Å². The van der Waals surface area contributed by atoms with Gasteiger partial charge in [0.2, 0.25) is 0 Å². The van der Waals surface area contributed by atoms with E-state index in [1.807, 2.05) is 29.6 Å². The Morgan fingerprint density at radius 3 is 2.70 bits per heavy atom. The van der Waals surface area contributed by atoms with Crippen LogP contribution in [0.25, 0.3) is 22.6 Å². The van der Waals surface area contributed by atoms with Gasteiger partial charge < -0.3 is 9.52 Å². The van der Waals surface area contributed by atoms with E-state index in [1.54, 1.807) is 24.5 Å². The molecule has 1 N–H and O–H groups in total. The highest BCUT2D eigenvalue weighted by molar-refractivity contribution is 7.09. The van der Waals surface area contributed by atoms with Gasteiger partial charge in [0.1, 0.15) is 0 Å². The van der Waals surface area contributed by atoms with Crippen LogP contribution in [0.4, 0.5) is 0 Å². The fourth-order valence-electron chi connectivity index (χ4n) is 2.19. The van der Waals surface area contributed by atoms with E-state index in [1.165, 1.54) is 6.39 Å². The highest BCUT2D eigenvalue weighted by Crippen LogP contribution is 2.26. The summed E-state index contributed by atoms with van der Waals surface area (Å²) in [4.78, 5) is 19.4. The number of aromatic nitrogens is 2. The van der Waals surface area contributed by atoms with Gasteiger partial charge in [-0.3, -0.25) is 4.79 Å². The Balaban J connectivity index is 1.69. The second-order valence-corrected chi connectivity index (χ2v) is 6.29. The Morgan fingerprint density at radius 2 is 2.04 bits per heavy atom. The van der Waals surface area contributed by atoms with Crippen LogP contribution in [0.1, 0.15) is 18.4 Å². The summed E-state index contributed by atoms with van der Waals surface area (Å²) in [7, 11) is 0. The van der Waals surface area contributed by atoms with E-state index < -0.39 is 5.97 Å². The molecule has 2 aromatic heterocycles. The molecule has 0 radical (unpaired) electrons. The van der Waals surface area contributed by atoms with E-state index in [0.717, 1.165) is 27.6 Å². The summed E-state index contributed by atoms with van der Waals surface area (Å²) in [5.74, 6) is -0.369. The van der Waals surface area contributed by atoms with Crippen molar-refractivity contribution in [1.82, 2.24) is 9.97 Å². The van der Waals surface area contributed by atoms with Crippen molar-refractivity contribution >= 4 is 17.3 Å². The average Bonchev–Trinajstić information content (AvgIpc) is 3.24. The number of carbonyl (C=O) groups is 1. The number of hydrogen-bond donors (Lipinski definition) is 1. The molecule has 0 amide bonds. The highest BCUT2D eigenvalue weighted by atomic mass is 32.1. The lowest BCUT2D eigenvalue weighted by molar-refractivity contribution is -0.141. The molecular formula is C17H16N2O3S. The third-order valence-corrected chi connectivity index (χ3v) is 4.57. The summed E-state index contributed by atoms with van der Waals surface area (Å²) < 4.78 is 5.27. The summed E-state index contributed by atoms with van der Waals surface area (Å²) in [5.41, 5.74) is 2.91. The zero-order valence-electron chi connectivity index (χ0n) is 12.6. The van der Waals surface area contributed by atoms with Crippen molar-refractivity contribution in [2.24, 2.45) is 5.92 Å². The van der Waals surface area contributed by atoms with Crippen molar-refractivity contribution in [1.29, 1.82) is 0 Å². The van der Waals surface area contributed by atoms with Crippen molar-refractivity contribution in [3.8, 4) is 22.6 Å². The predicted molar refractivity (Wildman–Crippen MR) is 88.2 cm³/mol. The monoisotopic (exact) mass is 328 g/mol. The molecule has 0 fully saturated rings. The van der Waals surface area contributed by atoms with Gasteiger partial charge in [0, 0.05) is 22.9 Å². The standard InChI is InChI=1S/C17H16N2O3S/c1-11(17(20)21)2-7-16-19-14(9-23-16)12-3-5-13(6-4-12)15-8-18-10-22-15/h3-6,8-11H,2,7H2,1H3,(H,20,21). The van der Waals surface area contributed by atoms with Crippen LogP contribution in [0.3, 0.4) is 0 Å². The summed E-state index contributed by atoms with van der Waals surface area (Å²) in [5, 5.41) is 11.9. The van der Waals surface area contributed by atoms with E-state index in [-0.39, 0.29) is 5.92 Å². The van der Waals surface area contributed by atoms with Crippen molar-refractivity contribution in [2.75, 3.05) is 0 Å². The van der Waals surface area contributed by atoms with Gasteiger partial charge in [0.15, 0.2) is 12.2 Å². The van der Waals surface area contributed by atoms with E-state index in [2.05, 4.69) is 9.97 Å². The molecule has 0 saturated carbocycles. The van der Waals surface area contributed by atoms with Crippen LogP contribution in [0.5, 0.6) is 0 Å². The number of carboxylic acids is 1. The number of hydrogen-bond acceptors (Lipinski definition) is 5. The molecule has 118 valence electrons. The third-order valence-electron chi connectivity index (χ3n) is 3.66. The minimum absolute atomic E-state index is 0.344. The van der Waals surface area contributed by atoms with Crippen LogP contribution in [0.15, 0.2) is 46.7 Å². The summed E-state index contributed by atoms with van der Waals surface area (Å²) >= 11 is 1.57. The van der Waals surface area contributed by atoms with Crippen LogP contribution in [0, 0.1) is 5.92 Å². The third kappa shape index (κ3) is 3.65. The molecule has 5 nitrogen and oxygen atoms in total. The molecule has 3 aromatic rings. The molecule has 0 spiro atoms. The number of nitrogens with zero attached hydrogens (tertiary/aromatic N) is 2. The number of rotatable bonds is 6. The van der Waals surface area contributed by atoms with Crippen molar-refractivity contribution in [3.05, 3.63) is 47.2 Å². The van der Waals surface area contributed by atoms with Gasteiger partial charge in [-0.05, 0) is 6.42 Å². The normalized spacial score (nSPS) is 12.2. The predicted octanol–water partition coefficient (Wildman–Crippen LogP) is 4.12. The number of thiazole rings is 1. The Hall–Kier alpha value is -2.47. The second-order valence-electron chi connectivity index (χ2n) is 5.35. The number of aliphatic carboxylic acids is 1. The molecule has 0 aliphatic rings. The Kier molecular flexibility index (Phi) is 4.52. The minimum atomic E-state index is -0.759. The molecule has 0 aliphatic heterocycles. The van der Waals surface area contributed by atoms with Crippen molar-refractivity contribution in [2.45, 2.75) is 19.8 Å². The number of aryl methyl sites for hydroxylation is 1. The van der Waals surface area contributed by atoms with Gasteiger partial charge in [-0.25, -0.2) is 9.97 Å². The summed E-state index contributed by atoms with van der Waals surface area (Å²) in [6.45, 7) is 1.72. The summed E-state index contributed by atoms with van der Waals surface area (Å²) in [6.07, 6.45) is 4.38. The van der Waals surface area contributed by atoms with Gasteiger partial charge in [-0.1, -0.05) is 31.2 Å². The van der Waals surface area contributed by atoms with E-state index in [0.29, 0.717) is 12.8 Å². The fourth-order valence-corrected chi connectivity index (χ4v) is 3.01. The van der Waals surface area contributed by atoms with E-state index in [4.69, 9.17) is 9.52 Å². The number of oxazole rings is 1. The lowest BCUT2D eigenvalue weighted by atomic mass is 10.1. The largest absolute Gasteiger partial charge is 0.481 e. The first-order chi connectivity index (χ1) is 11.1. The van der Waals surface area contributed by atoms with Crippen LogP contribution >= 0.6 is 11.3 Å². The molecular weight excluding hydrogens is 312 g/mol. The van der Waals surface area contributed by atoms with Crippen LogP contribution in [-0.2, 0) is 11.2 Å². The van der Waals surface area contributed by atoms with Crippen LogP contribution in [0.2, 0.25) is 0 Å². The first-order valence-corrected chi connectivity index (χ1v) is 8.18. The molecule has 1 unspecified atom stereocenters. The molecule has 1 atom stereocenters. The lowest BCUT2D eigenvalue weighted by Gasteiger charge is -2.03. The molecule has 2 heterocycles. The molecule has 0 saturated heterocycles. The molecule has 0 bridgehead atoms. The maximum atomic E-state index is 10.8. The Labute approximate surface area is 137 Å². The van der Waals surface area contributed by atoms with Crippen LogP contribution in [-0.4, -0.2) is 21.0 Å². The quantitative estimate of drug-likeness (QED) is 0.736. The van der Waals surface area contributed by atoms with Crippen molar-refractivity contribution < 1.29 is 14.3 Å². The van der Waals surface area contributed by atoms with E-state index >= 15 is 0 Å². The smallest absolute Gasteiger partial charge is 0.306 e. The van der Waals surface area contributed by atoms with E-state index in [9.17, 15) is 4.79 Å². The molecule has 0 aliphatic carbocycles. The Morgan fingerprint density at radius 1 is 1.30 bits per heavy atom. The zero-order valence-corrected chi connectivity index (χ0v) is 13.4. The van der Waals surface area contributed by atoms with Gasteiger partial charge in [-0.15, -0.1) is 11.3 Å². The maximum absolute atomic E-state index is 10.8. The highest BCUT2D eigenvalue weighted by Gasteiger charge is 2.12. The Bertz CT molecular complexity index is 779. The maximum Gasteiger partial charge on any atom is 0.306 e. The van der Waals surface area contributed by atoms with Gasteiger partial charge in [0.05, 0.1) is 22.8 Å². The lowest BCUT2D eigenvalue weighted by Crippen LogP contribution is -2.10. The number of carboxylic acid groups (broad SMARTS) is 1. The molecule has 6 heteroatoms. The fraction of sp³-hybridized carbons (Fsp3) is 0.235. The van der Waals surface area contributed by atoms with Gasteiger partial charge in [-0.2, -0.15) is 0 Å². The first kappa shape index (κ1) is 15.4. The van der Waals surface area contributed by atoms with Gasteiger partial charge in [0.25, 0.3) is 0 Å². The topological polar surface area (TPSA) is 76.2 Å². The minimum Gasteiger partial charge on any atom is -0.481 e. The summed E-state index contributed by atoms with van der Waals surface area (Å²) in [6, 6.07) is 7.94. The molecule has 23 heavy (non-hydrogen) atoms. The molecule has 1 aromatic carbocycles. The van der Waals surface area contributed by atoms with Crippen molar-refractivity contribution in [3.63, 3.8) is 0 Å². The first-order valence-electron chi connectivity index (χ1n) is 7.30. The average molecular weight is 328 g/mol.